The lowest BCUT2D eigenvalue weighted by Gasteiger charge is -2.13. The number of benzene rings is 1. The van der Waals surface area contributed by atoms with Gasteiger partial charge in [0.2, 0.25) is 0 Å². The van der Waals surface area contributed by atoms with E-state index in [1.54, 1.807) is 0 Å². The van der Waals surface area contributed by atoms with Crippen LogP contribution in [0.15, 0.2) is 24.3 Å². The SMILES string of the molecule is CCCNCCCC(C)OCc1cccc(Cl)c1. The van der Waals surface area contributed by atoms with Crippen LogP contribution in [-0.4, -0.2) is 19.2 Å². The van der Waals surface area contributed by atoms with Crippen LogP contribution < -0.4 is 5.32 Å². The molecule has 1 unspecified atom stereocenters. The van der Waals surface area contributed by atoms with E-state index in [-0.39, 0.29) is 0 Å². The highest BCUT2D eigenvalue weighted by Gasteiger charge is 2.02. The monoisotopic (exact) mass is 269 g/mol. The molecule has 102 valence electrons. The van der Waals surface area contributed by atoms with Crippen molar-refractivity contribution in [3.63, 3.8) is 0 Å². The molecule has 3 heteroatoms. The standard InChI is InChI=1S/C15H24ClNO/c1-3-9-17-10-5-6-13(2)18-12-14-7-4-8-15(16)11-14/h4,7-8,11,13,17H,3,5-6,9-10,12H2,1-2H3. The lowest BCUT2D eigenvalue weighted by atomic mass is 10.2. The van der Waals surface area contributed by atoms with Gasteiger partial charge in [-0.25, -0.2) is 0 Å². The van der Waals surface area contributed by atoms with E-state index in [1.807, 2.05) is 24.3 Å². The van der Waals surface area contributed by atoms with E-state index in [0.29, 0.717) is 12.7 Å². The van der Waals surface area contributed by atoms with Crippen molar-refractivity contribution in [2.75, 3.05) is 13.1 Å². The van der Waals surface area contributed by atoms with Gasteiger partial charge in [0, 0.05) is 5.02 Å². The molecule has 0 aliphatic carbocycles. The summed E-state index contributed by atoms with van der Waals surface area (Å²) in [7, 11) is 0. The molecule has 0 saturated heterocycles. The van der Waals surface area contributed by atoms with E-state index in [9.17, 15) is 0 Å². The highest BCUT2D eigenvalue weighted by atomic mass is 35.5. The molecule has 0 spiro atoms. The zero-order valence-electron chi connectivity index (χ0n) is 11.4. The van der Waals surface area contributed by atoms with Gasteiger partial charge in [-0.3, -0.25) is 0 Å². The van der Waals surface area contributed by atoms with Crippen LogP contribution in [0.2, 0.25) is 5.02 Å². The van der Waals surface area contributed by atoms with Gasteiger partial charge in [0.25, 0.3) is 0 Å². The summed E-state index contributed by atoms with van der Waals surface area (Å²) in [5, 5.41) is 4.17. The van der Waals surface area contributed by atoms with E-state index < -0.39 is 0 Å². The summed E-state index contributed by atoms with van der Waals surface area (Å²) in [6, 6.07) is 7.84. The van der Waals surface area contributed by atoms with Crippen molar-refractivity contribution < 1.29 is 4.74 Å². The number of rotatable bonds is 9. The first kappa shape index (κ1) is 15.5. The molecular formula is C15H24ClNO. The van der Waals surface area contributed by atoms with Crippen molar-refractivity contribution in [2.24, 2.45) is 0 Å². The molecule has 1 aromatic carbocycles. The molecule has 2 nitrogen and oxygen atoms in total. The first-order chi connectivity index (χ1) is 8.72. The maximum absolute atomic E-state index is 5.93. The Kier molecular flexibility index (Phi) is 8.06. The average Bonchev–Trinajstić information content (AvgIpc) is 2.36. The van der Waals surface area contributed by atoms with E-state index in [2.05, 4.69) is 19.2 Å². The number of ether oxygens (including phenoxy) is 1. The van der Waals surface area contributed by atoms with E-state index in [1.165, 1.54) is 6.42 Å². The molecule has 0 saturated carbocycles. The van der Waals surface area contributed by atoms with E-state index in [0.717, 1.165) is 36.5 Å². The van der Waals surface area contributed by atoms with Gasteiger partial charge in [-0.2, -0.15) is 0 Å². The predicted molar refractivity (Wildman–Crippen MR) is 78.1 cm³/mol. The molecule has 18 heavy (non-hydrogen) atoms. The second-order valence-corrected chi connectivity index (χ2v) is 5.08. The highest BCUT2D eigenvalue weighted by molar-refractivity contribution is 6.30. The molecule has 0 amide bonds. The zero-order chi connectivity index (χ0) is 13.2. The van der Waals surface area contributed by atoms with Gasteiger partial charge in [0.1, 0.15) is 0 Å². The number of nitrogens with one attached hydrogen (secondary N) is 1. The largest absolute Gasteiger partial charge is 0.374 e. The van der Waals surface area contributed by atoms with Gasteiger partial charge in [-0.15, -0.1) is 0 Å². The first-order valence-electron chi connectivity index (χ1n) is 6.79. The fraction of sp³-hybridized carbons (Fsp3) is 0.600. The van der Waals surface area contributed by atoms with Gasteiger partial charge < -0.3 is 10.1 Å². The van der Waals surface area contributed by atoms with Gasteiger partial charge in [0.15, 0.2) is 0 Å². The summed E-state index contributed by atoms with van der Waals surface area (Å²) in [5.41, 5.74) is 1.14. The van der Waals surface area contributed by atoms with Crippen molar-refractivity contribution >= 4 is 11.6 Å². The van der Waals surface area contributed by atoms with Crippen molar-refractivity contribution in [3.05, 3.63) is 34.9 Å². The van der Waals surface area contributed by atoms with Crippen LogP contribution >= 0.6 is 11.6 Å². The number of halogens is 1. The maximum Gasteiger partial charge on any atom is 0.0721 e. The van der Waals surface area contributed by atoms with Crippen molar-refractivity contribution in [1.82, 2.24) is 5.32 Å². The fourth-order valence-electron chi connectivity index (χ4n) is 1.76. The molecule has 0 radical (unpaired) electrons. The second kappa shape index (κ2) is 9.37. The molecule has 0 bridgehead atoms. The third kappa shape index (κ3) is 7.00. The van der Waals surface area contributed by atoms with Gasteiger partial charge >= 0.3 is 0 Å². The Morgan fingerprint density at radius 2 is 2.17 bits per heavy atom. The van der Waals surface area contributed by atoms with Gasteiger partial charge in [-0.05, 0) is 57.0 Å². The van der Waals surface area contributed by atoms with Crippen LogP contribution in [0.25, 0.3) is 0 Å². The number of hydrogen-bond donors (Lipinski definition) is 1. The fourth-order valence-corrected chi connectivity index (χ4v) is 1.98. The Morgan fingerprint density at radius 3 is 2.89 bits per heavy atom. The summed E-state index contributed by atoms with van der Waals surface area (Å²) < 4.78 is 5.80. The topological polar surface area (TPSA) is 21.3 Å². The highest BCUT2D eigenvalue weighted by Crippen LogP contribution is 2.13. The average molecular weight is 270 g/mol. The van der Waals surface area contributed by atoms with Gasteiger partial charge in [0.05, 0.1) is 12.7 Å². The summed E-state index contributed by atoms with van der Waals surface area (Å²) in [6.07, 6.45) is 3.75. The van der Waals surface area contributed by atoms with Crippen LogP contribution in [0.5, 0.6) is 0 Å². The van der Waals surface area contributed by atoms with Crippen LogP contribution in [0.4, 0.5) is 0 Å². The van der Waals surface area contributed by atoms with Crippen molar-refractivity contribution in [1.29, 1.82) is 0 Å². The van der Waals surface area contributed by atoms with Crippen LogP contribution in [0.3, 0.4) is 0 Å². The Bertz CT molecular complexity index is 330. The molecule has 0 aliphatic rings. The number of hydrogen-bond acceptors (Lipinski definition) is 2. The van der Waals surface area contributed by atoms with Crippen LogP contribution in [0.1, 0.15) is 38.7 Å². The van der Waals surface area contributed by atoms with E-state index >= 15 is 0 Å². The van der Waals surface area contributed by atoms with E-state index in [4.69, 9.17) is 16.3 Å². The van der Waals surface area contributed by atoms with Crippen molar-refractivity contribution in [3.8, 4) is 0 Å². The normalized spacial score (nSPS) is 12.6. The summed E-state index contributed by atoms with van der Waals surface area (Å²) in [6.45, 7) is 7.15. The molecule has 0 aliphatic heterocycles. The molecule has 0 heterocycles. The quantitative estimate of drug-likeness (QED) is 0.684. The second-order valence-electron chi connectivity index (χ2n) is 4.64. The van der Waals surface area contributed by atoms with Gasteiger partial charge in [-0.1, -0.05) is 30.7 Å². The minimum absolute atomic E-state index is 0.299. The third-order valence-electron chi connectivity index (χ3n) is 2.81. The molecule has 1 rings (SSSR count). The minimum Gasteiger partial charge on any atom is -0.374 e. The minimum atomic E-state index is 0.299. The zero-order valence-corrected chi connectivity index (χ0v) is 12.2. The van der Waals surface area contributed by atoms with Crippen molar-refractivity contribution in [2.45, 2.75) is 45.8 Å². The molecule has 1 atom stereocenters. The predicted octanol–water partition coefficient (Wildman–Crippen LogP) is 4.02. The lowest BCUT2D eigenvalue weighted by molar-refractivity contribution is 0.0464. The summed E-state index contributed by atoms with van der Waals surface area (Å²) in [5.74, 6) is 0. The Labute approximate surface area is 116 Å². The Morgan fingerprint density at radius 1 is 1.33 bits per heavy atom. The smallest absolute Gasteiger partial charge is 0.0721 e. The summed E-state index contributed by atoms with van der Waals surface area (Å²) >= 11 is 5.93. The molecule has 1 aromatic rings. The third-order valence-corrected chi connectivity index (χ3v) is 3.05. The molecule has 0 aromatic heterocycles. The maximum atomic E-state index is 5.93. The van der Waals surface area contributed by atoms with Crippen LogP contribution in [-0.2, 0) is 11.3 Å². The molecule has 1 N–H and O–H groups in total. The van der Waals surface area contributed by atoms with Crippen LogP contribution in [0, 0.1) is 0 Å². The summed E-state index contributed by atoms with van der Waals surface area (Å²) in [4.78, 5) is 0. The molecular weight excluding hydrogens is 246 g/mol. The Hall–Kier alpha value is -0.570. The lowest BCUT2D eigenvalue weighted by Crippen LogP contribution is -2.18. The first-order valence-corrected chi connectivity index (χ1v) is 7.17. The Balaban J connectivity index is 2.11. The molecule has 0 fully saturated rings.